The summed E-state index contributed by atoms with van der Waals surface area (Å²) in [6.07, 6.45) is 1.11. The van der Waals surface area contributed by atoms with E-state index in [0.29, 0.717) is 5.56 Å². The van der Waals surface area contributed by atoms with Crippen molar-refractivity contribution < 1.29 is 0 Å². The van der Waals surface area contributed by atoms with Crippen molar-refractivity contribution in [2.75, 3.05) is 12.3 Å². The molecule has 2 aromatic carbocycles. The second-order valence-corrected chi connectivity index (χ2v) is 5.26. The van der Waals surface area contributed by atoms with Crippen LogP contribution in [0, 0.1) is 11.3 Å². The van der Waals surface area contributed by atoms with Gasteiger partial charge in [-0.1, -0.05) is 31.2 Å². The van der Waals surface area contributed by atoms with E-state index in [0.717, 1.165) is 31.7 Å². The molecule has 0 atom stereocenters. The summed E-state index contributed by atoms with van der Waals surface area (Å²) < 4.78 is 0. The van der Waals surface area contributed by atoms with Gasteiger partial charge < -0.3 is 5.73 Å². The third-order valence-electron chi connectivity index (χ3n) is 3.39. The smallest absolute Gasteiger partial charge is 0.0991 e. The van der Waals surface area contributed by atoms with Gasteiger partial charge >= 0.3 is 0 Å². The fourth-order valence-corrected chi connectivity index (χ4v) is 2.42. The Kier molecular flexibility index (Phi) is 5.36. The maximum atomic E-state index is 8.84. The van der Waals surface area contributed by atoms with E-state index in [4.69, 9.17) is 11.0 Å². The van der Waals surface area contributed by atoms with Gasteiger partial charge in [0.15, 0.2) is 0 Å². The zero-order valence-corrected chi connectivity index (χ0v) is 12.4. The summed E-state index contributed by atoms with van der Waals surface area (Å²) >= 11 is 0. The molecule has 0 amide bonds. The number of nitrogens with two attached hydrogens (primary N) is 1. The summed E-state index contributed by atoms with van der Waals surface area (Å²) in [5.74, 6) is 0. The minimum absolute atomic E-state index is 0.705. The molecule has 3 heteroatoms. The molecule has 0 unspecified atom stereocenters. The number of nitrogens with zero attached hydrogens (tertiary/aromatic N) is 2. The molecule has 2 N–H and O–H groups in total. The average molecular weight is 279 g/mol. The van der Waals surface area contributed by atoms with E-state index in [1.165, 1.54) is 11.1 Å². The van der Waals surface area contributed by atoms with Crippen LogP contribution in [0.4, 0.5) is 5.69 Å². The standard InChI is InChI=1S/C18H21N3/c1-2-10-21(14-17-4-3-5-18(20)11-17)13-16-8-6-15(12-19)7-9-16/h3-9,11H,2,10,13-14,20H2,1H3. The Hall–Kier alpha value is -2.31. The minimum Gasteiger partial charge on any atom is -0.399 e. The summed E-state index contributed by atoms with van der Waals surface area (Å²) in [5, 5.41) is 8.84. The molecular weight excluding hydrogens is 258 g/mol. The Morgan fingerprint density at radius 1 is 1.05 bits per heavy atom. The molecule has 108 valence electrons. The quantitative estimate of drug-likeness (QED) is 0.823. The average Bonchev–Trinajstić information content (AvgIpc) is 2.48. The van der Waals surface area contributed by atoms with E-state index in [-0.39, 0.29) is 0 Å². The van der Waals surface area contributed by atoms with Crippen LogP contribution in [-0.4, -0.2) is 11.4 Å². The van der Waals surface area contributed by atoms with Crippen LogP contribution in [0.25, 0.3) is 0 Å². The van der Waals surface area contributed by atoms with Gasteiger partial charge in [0.1, 0.15) is 0 Å². The molecule has 0 fully saturated rings. The Labute approximate surface area is 126 Å². The van der Waals surface area contributed by atoms with Crippen molar-refractivity contribution in [2.45, 2.75) is 26.4 Å². The minimum atomic E-state index is 0.705. The van der Waals surface area contributed by atoms with Crippen LogP contribution in [0.2, 0.25) is 0 Å². The van der Waals surface area contributed by atoms with Gasteiger partial charge in [-0.2, -0.15) is 5.26 Å². The topological polar surface area (TPSA) is 53.0 Å². The summed E-state index contributed by atoms with van der Waals surface area (Å²) in [4.78, 5) is 2.40. The fourth-order valence-electron chi connectivity index (χ4n) is 2.42. The van der Waals surface area contributed by atoms with Crippen molar-refractivity contribution in [1.82, 2.24) is 4.90 Å². The summed E-state index contributed by atoms with van der Waals surface area (Å²) in [6, 6.07) is 18.0. The monoisotopic (exact) mass is 279 g/mol. The van der Waals surface area contributed by atoms with Crippen LogP contribution in [0.3, 0.4) is 0 Å². The van der Waals surface area contributed by atoms with Gasteiger partial charge in [0.05, 0.1) is 11.6 Å². The molecule has 0 saturated heterocycles. The van der Waals surface area contributed by atoms with Crippen molar-refractivity contribution in [3.05, 3.63) is 65.2 Å². The van der Waals surface area contributed by atoms with Gasteiger partial charge in [0, 0.05) is 18.8 Å². The maximum Gasteiger partial charge on any atom is 0.0991 e. The predicted octanol–water partition coefficient (Wildman–Crippen LogP) is 3.55. The Morgan fingerprint density at radius 3 is 2.38 bits per heavy atom. The first-order valence-corrected chi connectivity index (χ1v) is 7.27. The maximum absolute atomic E-state index is 8.84. The third kappa shape index (κ3) is 4.62. The number of hydrogen-bond donors (Lipinski definition) is 1. The van der Waals surface area contributed by atoms with E-state index in [1.807, 2.05) is 42.5 Å². The zero-order chi connectivity index (χ0) is 15.1. The Bertz CT molecular complexity index is 611. The van der Waals surface area contributed by atoms with Gasteiger partial charge in [0.25, 0.3) is 0 Å². The van der Waals surface area contributed by atoms with Crippen LogP contribution in [0.5, 0.6) is 0 Å². The normalized spacial score (nSPS) is 10.5. The molecule has 2 rings (SSSR count). The number of benzene rings is 2. The molecule has 3 nitrogen and oxygen atoms in total. The highest BCUT2D eigenvalue weighted by Crippen LogP contribution is 2.13. The highest BCUT2D eigenvalue weighted by Gasteiger charge is 2.07. The predicted molar refractivity (Wildman–Crippen MR) is 86.4 cm³/mol. The molecule has 0 heterocycles. The van der Waals surface area contributed by atoms with Gasteiger partial charge in [-0.15, -0.1) is 0 Å². The molecular formula is C18H21N3. The lowest BCUT2D eigenvalue weighted by atomic mass is 10.1. The lowest BCUT2D eigenvalue weighted by Gasteiger charge is -2.22. The van der Waals surface area contributed by atoms with Gasteiger partial charge in [0.2, 0.25) is 0 Å². The third-order valence-corrected chi connectivity index (χ3v) is 3.39. The SMILES string of the molecule is CCCN(Cc1ccc(C#N)cc1)Cc1cccc(N)c1. The highest BCUT2D eigenvalue weighted by molar-refractivity contribution is 5.40. The number of rotatable bonds is 6. The second kappa shape index (κ2) is 7.47. The summed E-state index contributed by atoms with van der Waals surface area (Å²) in [5.41, 5.74) is 9.82. The van der Waals surface area contributed by atoms with E-state index in [1.54, 1.807) is 0 Å². The molecule has 0 saturated carbocycles. The summed E-state index contributed by atoms with van der Waals surface area (Å²) in [7, 11) is 0. The molecule has 0 spiro atoms. The Morgan fingerprint density at radius 2 is 1.76 bits per heavy atom. The number of nitrogen functional groups attached to an aromatic ring is 1. The van der Waals surface area contributed by atoms with E-state index in [2.05, 4.69) is 24.0 Å². The second-order valence-electron chi connectivity index (χ2n) is 5.26. The van der Waals surface area contributed by atoms with Crippen LogP contribution in [-0.2, 0) is 13.1 Å². The molecule has 0 aliphatic carbocycles. The van der Waals surface area contributed by atoms with Crippen molar-refractivity contribution in [3.8, 4) is 6.07 Å². The van der Waals surface area contributed by atoms with E-state index >= 15 is 0 Å². The highest BCUT2D eigenvalue weighted by atomic mass is 15.1. The first-order chi connectivity index (χ1) is 10.2. The van der Waals surface area contributed by atoms with Crippen molar-refractivity contribution in [2.24, 2.45) is 0 Å². The Balaban J connectivity index is 2.06. The largest absolute Gasteiger partial charge is 0.399 e. The first-order valence-electron chi connectivity index (χ1n) is 7.27. The number of nitriles is 1. The van der Waals surface area contributed by atoms with Crippen molar-refractivity contribution in [3.63, 3.8) is 0 Å². The van der Waals surface area contributed by atoms with Crippen molar-refractivity contribution >= 4 is 5.69 Å². The fraction of sp³-hybridized carbons (Fsp3) is 0.278. The van der Waals surface area contributed by atoms with Crippen LogP contribution in [0.1, 0.15) is 30.0 Å². The van der Waals surface area contributed by atoms with Crippen LogP contribution in [0.15, 0.2) is 48.5 Å². The lowest BCUT2D eigenvalue weighted by molar-refractivity contribution is 0.257. The van der Waals surface area contributed by atoms with Gasteiger partial charge in [-0.3, -0.25) is 4.90 Å². The van der Waals surface area contributed by atoms with E-state index in [9.17, 15) is 0 Å². The molecule has 0 bridgehead atoms. The zero-order valence-electron chi connectivity index (χ0n) is 12.4. The lowest BCUT2D eigenvalue weighted by Crippen LogP contribution is -2.23. The number of anilines is 1. The van der Waals surface area contributed by atoms with Gasteiger partial charge in [-0.25, -0.2) is 0 Å². The molecule has 0 radical (unpaired) electrons. The van der Waals surface area contributed by atoms with E-state index < -0.39 is 0 Å². The number of hydrogen-bond acceptors (Lipinski definition) is 3. The van der Waals surface area contributed by atoms with Crippen LogP contribution >= 0.6 is 0 Å². The molecule has 0 aliphatic heterocycles. The first kappa shape index (κ1) is 15.1. The van der Waals surface area contributed by atoms with Crippen molar-refractivity contribution in [1.29, 1.82) is 5.26 Å². The molecule has 21 heavy (non-hydrogen) atoms. The molecule has 0 aromatic heterocycles. The molecule has 0 aliphatic rings. The summed E-state index contributed by atoms with van der Waals surface area (Å²) in [6.45, 7) is 4.99. The molecule has 2 aromatic rings. The van der Waals surface area contributed by atoms with Gasteiger partial charge in [-0.05, 0) is 48.4 Å². The van der Waals surface area contributed by atoms with Crippen LogP contribution < -0.4 is 5.73 Å².